The number of nitrogens with zero attached hydrogens (tertiary/aromatic N) is 4. The predicted octanol–water partition coefficient (Wildman–Crippen LogP) is 2.19. The van der Waals surface area contributed by atoms with Crippen LogP contribution >= 0.6 is 0 Å². The predicted molar refractivity (Wildman–Crippen MR) is 103 cm³/mol. The lowest BCUT2D eigenvalue weighted by molar-refractivity contribution is 0.414. The summed E-state index contributed by atoms with van der Waals surface area (Å²) in [5, 5.41) is 0. The second kappa shape index (κ2) is 6.28. The minimum absolute atomic E-state index is 0.339. The molecule has 2 aromatic carbocycles. The van der Waals surface area contributed by atoms with Crippen LogP contribution in [-0.4, -0.2) is 25.8 Å². The van der Waals surface area contributed by atoms with Crippen LogP contribution in [0.5, 0.6) is 5.75 Å². The summed E-state index contributed by atoms with van der Waals surface area (Å²) in [6.45, 7) is 1.92. The maximum absolute atomic E-state index is 13.4. The quantitative estimate of drug-likeness (QED) is 0.560. The minimum atomic E-state index is -0.467. The summed E-state index contributed by atoms with van der Waals surface area (Å²) < 4.78 is 9.44. The summed E-state index contributed by atoms with van der Waals surface area (Å²) in [5.41, 5.74) is 1.88. The molecule has 7 heteroatoms. The molecule has 4 rings (SSSR count). The van der Waals surface area contributed by atoms with E-state index in [1.165, 1.54) is 4.57 Å². The van der Waals surface area contributed by atoms with Crippen LogP contribution in [0.15, 0.2) is 64.4 Å². The van der Waals surface area contributed by atoms with Gasteiger partial charge in [0.05, 0.1) is 24.8 Å². The molecule has 0 aliphatic rings. The summed E-state index contributed by atoms with van der Waals surface area (Å²) >= 11 is 0. The van der Waals surface area contributed by atoms with Gasteiger partial charge in [0, 0.05) is 7.05 Å². The molecule has 0 aliphatic carbocycles. The van der Waals surface area contributed by atoms with Gasteiger partial charge in [-0.3, -0.25) is 4.79 Å². The summed E-state index contributed by atoms with van der Waals surface area (Å²) in [6.07, 6.45) is 1.54. The van der Waals surface area contributed by atoms with Crippen molar-refractivity contribution in [1.82, 2.24) is 18.7 Å². The highest BCUT2D eigenvalue weighted by atomic mass is 16.5. The maximum Gasteiger partial charge on any atom is 0.342 e. The van der Waals surface area contributed by atoms with Crippen molar-refractivity contribution < 1.29 is 4.74 Å². The van der Waals surface area contributed by atoms with E-state index in [4.69, 9.17) is 4.74 Å². The topological polar surface area (TPSA) is 71.1 Å². The van der Waals surface area contributed by atoms with Crippen LogP contribution in [0.25, 0.3) is 22.5 Å². The molecule has 0 unspecified atom stereocenters. The normalized spacial score (nSPS) is 11.1. The molecule has 7 nitrogen and oxygen atoms in total. The van der Waals surface area contributed by atoms with Crippen LogP contribution in [-0.2, 0) is 7.05 Å². The van der Waals surface area contributed by atoms with Crippen molar-refractivity contribution in [2.75, 3.05) is 7.11 Å². The Bertz CT molecular complexity index is 1260. The molecule has 0 radical (unpaired) electrons. The highest BCUT2D eigenvalue weighted by Crippen LogP contribution is 2.18. The molecule has 0 fully saturated rings. The van der Waals surface area contributed by atoms with Gasteiger partial charge in [0.1, 0.15) is 5.75 Å². The van der Waals surface area contributed by atoms with Crippen molar-refractivity contribution in [3.63, 3.8) is 0 Å². The zero-order chi connectivity index (χ0) is 19.1. The van der Waals surface area contributed by atoms with Gasteiger partial charge in [-0.25, -0.2) is 18.9 Å². The van der Waals surface area contributed by atoms with Gasteiger partial charge in [-0.15, -0.1) is 0 Å². The molecule has 2 aromatic heterocycles. The molecule has 0 spiro atoms. The molecule has 2 heterocycles. The lowest BCUT2D eigenvalue weighted by Crippen LogP contribution is -2.39. The SMILES string of the molecule is COc1ccc(-n2c(=O)c3c(ncn3C)n(-c3ccccc3C)c2=O)cc1. The smallest absolute Gasteiger partial charge is 0.342 e. The van der Waals surface area contributed by atoms with E-state index in [0.29, 0.717) is 28.3 Å². The monoisotopic (exact) mass is 362 g/mol. The first kappa shape index (κ1) is 16.8. The van der Waals surface area contributed by atoms with Crippen LogP contribution in [0.4, 0.5) is 0 Å². The van der Waals surface area contributed by atoms with E-state index in [2.05, 4.69) is 4.98 Å². The van der Waals surface area contributed by atoms with Crippen LogP contribution in [0, 0.1) is 6.92 Å². The molecule has 0 aliphatic heterocycles. The Morgan fingerprint density at radius 2 is 1.67 bits per heavy atom. The van der Waals surface area contributed by atoms with E-state index in [1.807, 2.05) is 31.2 Å². The molecular weight excluding hydrogens is 344 g/mol. The Hall–Kier alpha value is -3.61. The van der Waals surface area contributed by atoms with E-state index in [1.54, 1.807) is 49.3 Å². The van der Waals surface area contributed by atoms with Gasteiger partial charge in [0.2, 0.25) is 0 Å². The Balaban J connectivity index is 2.14. The number of rotatable bonds is 3. The Labute approximate surface area is 154 Å². The first-order valence-corrected chi connectivity index (χ1v) is 8.42. The number of ether oxygens (including phenoxy) is 1. The fourth-order valence-corrected chi connectivity index (χ4v) is 3.20. The van der Waals surface area contributed by atoms with Crippen molar-refractivity contribution in [3.05, 3.63) is 81.3 Å². The van der Waals surface area contributed by atoms with Gasteiger partial charge >= 0.3 is 5.69 Å². The first-order chi connectivity index (χ1) is 13.0. The third kappa shape index (κ3) is 2.55. The van der Waals surface area contributed by atoms with Gasteiger partial charge in [-0.1, -0.05) is 18.2 Å². The highest BCUT2D eigenvalue weighted by molar-refractivity contribution is 5.73. The third-order valence-corrected chi connectivity index (χ3v) is 4.60. The van der Waals surface area contributed by atoms with Gasteiger partial charge in [-0.2, -0.15) is 0 Å². The number of imidazole rings is 1. The van der Waals surface area contributed by atoms with Gasteiger partial charge in [0.15, 0.2) is 11.2 Å². The fraction of sp³-hybridized carbons (Fsp3) is 0.150. The van der Waals surface area contributed by atoms with Crippen LogP contribution in [0.2, 0.25) is 0 Å². The van der Waals surface area contributed by atoms with Crippen molar-refractivity contribution in [2.24, 2.45) is 7.05 Å². The highest BCUT2D eigenvalue weighted by Gasteiger charge is 2.19. The number of aromatic nitrogens is 4. The van der Waals surface area contributed by atoms with E-state index in [9.17, 15) is 9.59 Å². The van der Waals surface area contributed by atoms with Crippen molar-refractivity contribution >= 4 is 11.2 Å². The molecule has 136 valence electrons. The van der Waals surface area contributed by atoms with E-state index < -0.39 is 11.2 Å². The maximum atomic E-state index is 13.4. The standard InChI is InChI=1S/C20H18N4O3/c1-13-6-4-5-7-16(13)24-18-17(22(2)12-21-18)19(25)23(20(24)26)14-8-10-15(27-3)11-9-14/h4-12H,1-3H3. The summed E-state index contributed by atoms with van der Waals surface area (Å²) in [5.74, 6) is 0.646. The number of benzene rings is 2. The molecule has 4 aromatic rings. The molecule has 0 N–H and O–H groups in total. The zero-order valence-electron chi connectivity index (χ0n) is 15.2. The number of hydrogen-bond acceptors (Lipinski definition) is 4. The second-order valence-electron chi connectivity index (χ2n) is 6.27. The Morgan fingerprint density at radius 1 is 0.963 bits per heavy atom. The van der Waals surface area contributed by atoms with E-state index in [0.717, 1.165) is 10.1 Å². The van der Waals surface area contributed by atoms with Gasteiger partial charge in [0.25, 0.3) is 5.56 Å². The van der Waals surface area contributed by atoms with Crippen molar-refractivity contribution in [3.8, 4) is 17.1 Å². The molecule has 0 saturated carbocycles. The average molecular weight is 362 g/mol. The van der Waals surface area contributed by atoms with Crippen molar-refractivity contribution in [1.29, 1.82) is 0 Å². The number of hydrogen-bond donors (Lipinski definition) is 0. The van der Waals surface area contributed by atoms with E-state index >= 15 is 0 Å². The summed E-state index contributed by atoms with van der Waals surface area (Å²) in [6, 6.07) is 14.3. The Kier molecular flexibility index (Phi) is 3.92. The molecule has 0 saturated heterocycles. The minimum Gasteiger partial charge on any atom is -0.497 e. The fourth-order valence-electron chi connectivity index (χ4n) is 3.20. The lowest BCUT2D eigenvalue weighted by atomic mass is 10.2. The summed E-state index contributed by atoms with van der Waals surface area (Å²) in [4.78, 5) is 30.8. The number of fused-ring (bicyclic) bond motifs is 1. The number of para-hydroxylation sites is 1. The molecule has 0 bridgehead atoms. The zero-order valence-corrected chi connectivity index (χ0v) is 15.2. The number of aryl methyl sites for hydroxylation is 2. The van der Waals surface area contributed by atoms with Gasteiger partial charge < -0.3 is 9.30 Å². The first-order valence-electron chi connectivity index (χ1n) is 8.42. The van der Waals surface area contributed by atoms with Crippen LogP contribution < -0.4 is 16.0 Å². The Morgan fingerprint density at radius 3 is 2.33 bits per heavy atom. The van der Waals surface area contributed by atoms with Crippen molar-refractivity contribution in [2.45, 2.75) is 6.92 Å². The molecule has 0 amide bonds. The second-order valence-corrected chi connectivity index (χ2v) is 6.27. The van der Waals surface area contributed by atoms with Gasteiger partial charge in [-0.05, 0) is 42.8 Å². The van der Waals surface area contributed by atoms with E-state index in [-0.39, 0.29) is 0 Å². The average Bonchev–Trinajstić information content (AvgIpc) is 3.05. The van der Waals surface area contributed by atoms with Crippen LogP contribution in [0.1, 0.15) is 5.56 Å². The number of methoxy groups -OCH3 is 1. The molecule has 27 heavy (non-hydrogen) atoms. The third-order valence-electron chi connectivity index (χ3n) is 4.60. The lowest BCUT2D eigenvalue weighted by Gasteiger charge is -2.14. The molecule has 0 atom stereocenters. The summed E-state index contributed by atoms with van der Waals surface area (Å²) in [7, 11) is 3.30. The largest absolute Gasteiger partial charge is 0.497 e. The molecular formula is C20H18N4O3. The van der Waals surface area contributed by atoms with Crippen LogP contribution in [0.3, 0.4) is 0 Å².